The van der Waals surface area contributed by atoms with E-state index in [4.69, 9.17) is 4.98 Å². The molecule has 1 N–H and O–H groups in total. The summed E-state index contributed by atoms with van der Waals surface area (Å²) in [7, 11) is 0. The first kappa shape index (κ1) is 14.1. The lowest BCUT2D eigenvalue weighted by Gasteiger charge is -2.40. The van der Waals surface area contributed by atoms with Crippen molar-refractivity contribution in [3.8, 4) is 0 Å². The predicted octanol–water partition coefficient (Wildman–Crippen LogP) is 3.51. The molecule has 0 unspecified atom stereocenters. The normalized spacial score (nSPS) is 22.6. The number of hydrogen-bond acceptors (Lipinski definition) is 2. The molecule has 1 aromatic heterocycles. The zero-order chi connectivity index (χ0) is 14.4. The van der Waals surface area contributed by atoms with Gasteiger partial charge in [0.25, 0.3) is 0 Å². The van der Waals surface area contributed by atoms with Crippen LogP contribution in [-0.2, 0) is 23.9 Å². The molecule has 3 rings (SSSR count). The summed E-state index contributed by atoms with van der Waals surface area (Å²) in [5.41, 5.74) is 3.22. The Balaban J connectivity index is 2.13. The number of nitrogens with one attached hydrogen (secondary N) is 1. The van der Waals surface area contributed by atoms with E-state index >= 15 is 0 Å². The van der Waals surface area contributed by atoms with Crippen molar-refractivity contribution < 1.29 is 0 Å². The predicted molar refractivity (Wildman–Crippen MR) is 83.1 cm³/mol. The van der Waals surface area contributed by atoms with Gasteiger partial charge in [0, 0.05) is 36.2 Å². The Labute approximate surface area is 123 Å². The van der Waals surface area contributed by atoms with Crippen LogP contribution in [0.15, 0.2) is 0 Å². The second kappa shape index (κ2) is 4.87. The highest BCUT2D eigenvalue weighted by Crippen LogP contribution is 2.40. The van der Waals surface area contributed by atoms with Crippen molar-refractivity contribution in [1.82, 2.24) is 14.9 Å². The van der Waals surface area contributed by atoms with E-state index in [1.165, 1.54) is 49.3 Å². The lowest BCUT2D eigenvalue weighted by atomic mass is 9.81. The summed E-state index contributed by atoms with van der Waals surface area (Å²) < 4.78 is 2.66. The molecule has 1 aliphatic heterocycles. The van der Waals surface area contributed by atoms with Crippen molar-refractivity contribution in [2.24, 2.45) is 0 Å². The van der Waals surface area contributed by atoms with Gasteiger partial charge in [0.05, 0.1) is 5.69 Å². The molecule has 0 atom stereocenters. The van der Waals surface area contributed by atoms with E-state index in [0.717, 1.165) is 19.5 Å². The van der Waals surface area contributed by atoms with Gasteiger partial charge in [-0.05, 0) is 19.8 Å². The van der Waals surface area contributed by atoms with E-state index in [-0.39, 0.29) is 5.41 Å². The Hall–Kier alpha value is -0.830. The molecule has 0 aromatic carbocycles. The molecule has 0 radical (unpaired) electrons. The van der Waals surface area contributed by atoms with Crippen molar-refractivity contribution in [2.75, 3.05) is 6.54 Å². The van der Waals surface area contributed by atoms with Gasteiger partial charge >= 0.3 is 0 Å². The van der Waals surface area contributed by atoms with Crippen molar-refractivity contribution in [2.45, 2.75) is 83.7 Å². The van der Waals surface area contributed by atoms with E-state index in [0.29, 0.717) is 5.54 Å². The number of aromatic nitrogens is 2. The van der Waals surface area contributed by atoms with E-state index in [1.54, 1.807) is 0 Å². The number of fused-ring (bicyclic) bond motifs is 1. The molecule has 0 spiro atoms. The Bertz CT molecular complexity index is 487. The Morgan fingerprint density at radius 2 is 1.85 bits per heavy atom. The standard InChI is InChI=1S/C17H29N3/c1-16(2,3)15-19-13-12-18-11-8-14(13)20(15)17(4)9-6-5-7-10-17/h18H,5-12H2,1-4H3. The summed E-state index contributed by atoms with van der Waals surface area (Å²) in [5, 5.41) is 3.47. The minimum absolute atomic E-state index is 0.123. The minimum Gasteiger partial charge on any atom is -0.325 e. The number of imidazole rings is 1. The molecule has 2 heterocycles. The number of rotatable bonds is 1. The third-order valence-corrected chi connectivity index (χ3v) is 5.03. The van der Waals surface area contributed by atoms with E-state index in [1.807, 2.05) is 0 Å². The molecule has 1 aromatic rings. The first-order valence-electron chi connectivity index (χ1n) is 8.24. The zero-order valence-electron chi connectivity index (χ0n) is 13.6. The molecule has 0 amide bonds. The van der Waals surface area contributed by atoms with E-state index < -0.39 is 0 Å². The van der Waals surface area contributed by atoms with Crippen LogP contribution < -0.4 is 5.32 Å². The molecule has 3 nitrogen and oxygen atoms in total. The van der Waals surface area contributed by atoms with Gasteiger partial charge in [0.1, 0.15) is 5.82 Å². The SMILES string of the molecule is CC(C)(C)c1nc2c(n1C1(C)CCCCC1)CCNC2. The summed E-state index contributed by atoms with van der Waals surface area (Å²) in [6.45, 7) is 11.4. The summed E-state index contributed by atoms with van der Waals surface area (Å²) in [6, 6.07) is 0. The van der Waals surface area contributed by atoms with Gasteiger partial charge in [-0.25, -0.2) is 4.98 Å². The molecule has 20 heavy (non-hydrogen) atoms. The van der Waals surface area contributed by atoms with Crippen LogP contribution in [0.4, 0.5) is 0 Å². The van der Waals surface area contributed by atoms with Crippen LogP contribution in [0.25, 0.3) is 0 Å². The van der Waals surface area contributed by atoms with Crippen LogP contribution in [0.5, 0.6) is 0 Å². The maximum absolute atomic E-state index is 5.04. The Morgan fingerprint density at radius 3 is 2.50 bits per heavy atom. The van der Waals surface area contributed by atoms with Crippen LogP contribution in [0.3, 0.4) is 0 Å². The minimum atomic E-state index is 0.123. The fraction of sp³-hybridized carbons (Fsp3) is 0.824. The second-order valence-electron chi connectivity index (χ2n) is 7.90. The quantitative estimate of drug-likeness (QED) is 0.850. The smallest absolute Gasteiger partial charge is 0.115 e. The van der Waals surface area contributed by atoms with E-state index in [9.17, 15) is 0 Å². The molecule has 112 valence electrons. The summed E-state index contributed by atoms with van der Waals surface area (Å²) >= 11 is 0. The van der Waals surface area contributed by atoms with Gasteiger partial charge in [-0.2, -0.15) is 0 Å². The molecular formula is C17H29N3. The maximum Gasteiger partial charge on any atom is 0.115 e. The van der Waals surface area contributed by atoms with Crippen molar-refractivity contribution in [3.63, 3.8) is 0 Å². The summed E-state index contributed by atoms with van der Waals surface area (Å²) in [5.74, 6) is 1.30. The van der Waals surface area contributed by atoms with Gasteiger partial charge in [0.2, 0.25) is 0 Å². The molecule has 0 saturated heterocycles. The molecule has 1 fully saturated rings. The van der Waals surface area contributed by atoms with Gasteiger partial charge in [-0.3, -0.25) is 0 Å². The van der Waals surface area contributed by atoms with Gasteiger partial charge in [0.15, 0.2) is 0 Å². The molecule has 2 aliphatic rings. The third kappa shape index (κ3) is 2.30. The third-order valence-electron chi connectivity index (χ3n) is 5.03. The first-order valence-corrected chi connectivity index (χ1v) is 8.24. The van der Waals surface area contributed by atoms with Crippen LogP contribution in [0.2, 0.25) is 0 Å². The Morgan fingerprint density at radius 1 is 1.15 bits per heavy atom. The van der Waals surface area contributed by atoms with E-state index in [2.05, 4.69) is 37.6 Å². The van der Waals surface area contributed by atoms with Crippen LogP contribution >= 0.6 is 0 Å². The maximum atomic E-state index is 5.04. The monoisotopic (exact) mass is 275 g/mol. The highest BCUT2D eigenvalue weighted by atomic mass is 15.2. The van der Waals surface area contributed by atoms with Crippen molar-refractivity contribution >= 4 is 0 Å². The molecule has 0 bridgehead atoms. The topological polar surface area (TPSA) is 29.9 Å². The van der Waals surface area contributed by atoms with Crippen molar-refractivity contribution in [1.29, 1.82) is 0 Å². The van der Waals surface area contributed by atoms with Crippen LogP contribution in [0, 0.1) is 0 Å². The Kier molecular flexibility index (Phi) is 3.44. The lowest BCUT2D eigenvalue weighted by Crippen LogP contribution is -2.38. The van der Waals surface area contributed by atoms with Crippen LogP contribution in [-0.4, -0.2) is 16.1 Å². The highest BCUT2D eigenvalue weighted by Gasteiger charge is 2.37. The van der Waals surface area contributed by atoms with Gasteiger partial charge in [-0.15, -0.1) is 0 Å². The van der Waals surface area contributed by atoms with Crippen molar-refractivity contribution in [3.05, 3.63) is 17.2 Å². The average Bonchev–Trinajstić information content (AvgIpc) is 2.79. The number of hydrogen-bond donors (Lipinski definition) is 1. The summed E-state index contributed by atoms with van der Waals surface area (Å²) in [6.07, 6.45) is 7.89. The molecule has 3 heteroatoms. The fourth-order valence-corrected chi connectivity index (χ4v) is 3.93. The molecule has 1 saturated carbocycles. The summed E-state index contributed by atoms with van der Waals surface area (Å²) in [4.78, 5) is 5.04. The first-order chi connectivity index (χ1) is 9.42. The fourth-order valence-electron chi connectivity index (χ4n) is 3.93. The average molecular weight is 275 g/mol. The molecular weight excluding hydrogens is 246 g/mol. The van der Waals surface area contributed by atoms with Gasteiger partial charge < -0.3 is 9.88 Å². The lowest BCUT2D eigenvalue weighted by molar-refractivity contribution is 0.200. The zero-order valence-corrected chi connectivity index (χ0v) is 13.6. The highest BCUT2D eigenvalue weighted by molar-refractivity contribution is 5.26. The molecule has 1 aliphatic carbocycles. The van der Waals surface area contributed by atoms with Crippen LogP contribution in [0.1, 0.15) is 77.0 Å². The second-order valence-corrected chi connectivity index (χ2v) is 7.90. The van der Waals surface area contributed by atoms with Gasteiger partial charge in [-0.1, -0.05) is 40.0 Å². The largest absolute Gasteiger partial charge is 0.325 e. The number of nitrogens with zero attached hydrogens (tertiary/aromatic N) is 2.